The van der Waals surface area contributed by atoms with Crippen molar-refractivity contribution in [1.82, 2.24) is 25.1 Å². The molecule has 2 saturated heterocycles. The standard InChI is InChI=1S/C17H20N6O2S/c24-16(21-13-4-8-26-17(13)25)12-3-1-6-22(10-12)14-9-15(19-11-18-14)23-7-2-5-20-23/h2,5,7,9,11-13H,1,3-4,6,8,10H2,(H,21,24). The van der Waals surface area contributed by atoms with Crippen LogP contribution in [0, 0.1) is 5.92 Å². The molecule has 2 fully saturated rings. The topological polar surface area (TPSA) is 93.0 Å². The number of carbonyl (C=O) groups excluding carboxylic acids is 2. The molecule has 2 unspecified atom stereocenters. The fourth-order valence-electron chi connectivity index (χ4n) is 3.36. The molecule has 2 aromatic heterocycles. The molecule has 0 aromatic carbocycles. The summed E-state index contributed by atoms with van der Waals surface area (Å²) in [5.74, 6) is 2.11. The summed E-state index contributed by atoms with van der Waals surface area (Å²) < 4.78 is 1.68. The fourth-order valence-corrected chi connectivity index (χ4v) is 4.29. The predicted octanol–water partition coefficient (Wildman–Crippen LogP) is 1.03. The van der Waals surface area contributed by atoms with Crippen LogP contribution in [0.15, 0.2) is 30.9 Å². The third-order valence-electron chi connectivity index (χ3n) is 4.75. The number of amides is 1. The van der Waals surface area contributed by atoms with Gasteiger partial charge in [0.25, 0.3) is 0 Å². The second-order valence-corrected chi connectivity index (χ2v) is 7.59. The van der Waals surface area contributed by atoms with Crippen LogP contribution in [0.1, 0.15) is 19.3 Å². The Morgan fingerprint density at radius 1 is 1.27 bits per heavy atom. The lowest BCUT2D eigenvalue weighted by molar-refractivity contribution is -0.128. The number of anilines is 1. The minimum absolute atomic E-state index is 0.0306. The Morgan fingerprint density at radius 2 is 2.15 bits per heavy atom. The van der Waals surface area contributed by atoms with Gasteiger partial charge in [0.2, 0.25) is 11.0 Å². The number of piperidine rings is 1. The molecule has 0 aliphatic carbocycles. The minimum atomic E-state index is -0.326. The molecule has 4 heterocycles. The van der Waals surface area contributed by atoms with Crippen molar-refractivity contribution in [1.29, 1.82) is 0 Å². The maximum absolute atomic E-state index is 12.6. The van der Waals surface area contributed by atoms with Gasteiger partial charge in [0.05, 0.1) is 12.0 Å². The molecule has 0 spiro atoms. The van der Waals surface area contributed by atoms with Crippen LogP contribution in [0.2, 0.25) is 0 Å². The zero-order valence-corrected chi connectivity index (χ0v) is 15.1. The van der Waals surface area contributed by atoms with Gasteiger partial charge in [-0.15, -0.1) is 0 Å². The number of hydrogen-bond donors (Lipinski definition) is 1. The molecule has 0 bridgehead atoms. The number of nitrogens with one attached hydrogen (secondary N) is 1. The van der Waals surface area contributed by atoms with Crippen molar-refractivity contribution >= 4 is 28.6 Å². The smallest absolute Gasteiger partial charge is 0.225 e. The summed E-state index contributed by atoms with van der Waals surface area (Å²) in [4.78, 5) is 35.0. The van der Waals surface area contributed by atoms with E-state index in [1.165, 1.54) is 18.1 Å². The van der Waals surface area contributed by atoms with Crippen LogP contribution in [0.3, 0.4) is 0 Å². The van der Waals surface area contributed by atoms with Gasteiger partial charge in [-0.2, -0.15) is 5.10 Å². The van der Waals surface area contributed by atoms with Crippen molar-refractivity contribution < 1.29 is 9.59 Å². The van der Waals surface area contributed by atoms with Crippen molar-refractivity contribution in [3.8, 4) is 5.82 Å². The van der Waals surface area contributed by atoms with E-state index in [4.69, 9.17) is 0 Å². The van der Waals surface area contributed by atoms with Gasteiger partial charge in [-0.3, -0.25) is 9.59 Å². The van der Waals surface area contributed by atoms with E-state index in [1.54, 1.807) is 10.9 Å². The predicted molar refractivity (Wildman–Crippen MR) is 98.1 cm³/mol. The number of rotatable bonds is 4. The fraction of sp³-hybridized carbons (Fsp3) is 0.471. The molecule has 9 heteroatoms. The molecule has 26 heavy (non-hydrogen) atoms. The molecule has 2 aromatic rings. The van der Waals surface area contributed by atoms with Gasteiger partial charge in [-0.25, -0.2) is 14.6 Å². The molecule has 0 radical (unpaired) electrons. The minimum Gasteiger partial charge on any atom is -0.356 e. The van der Waals surface area contributed by atoms with Gasteiger partial charge < -0.3 is 10.2 Å². The molecular formula is C17H20N6O2S. The SMILES string of the molecule is O=C(NC1CCSC1=O)C1CCCN(c2cc(-n3cccn3)ncn2)C1. The van der Waals surface area contributed by atoms with Crippen LogP contribution < -0.4 is 10.2 Å². The summed E-state index contributed by atoms with van der Waals surface area (Å²) in [6, 6.07) is 3.39. The highest BCUT2D eigenvalue weighted by Crippen LogP contribution is 2.24. The Balaban J connectivity index is 1.44. The van der Waals surface area contributed by atoms with Crippen LogP contribution in [-0.4, -0.2) is 55.7 Å². The monoisotopic (exact) mass is 372 g/mol. The Morgan fingerprint density at radius 3 is 2.92 bits per heavy atom. The van der Waals surface area contributed by atoms with E-state index >= 15 is 0 Å². The molecule has 8 nitrogen and oxygen atoms in total. The second kappa shape index (κ2) is 7.45. The van der Waals surface area contributed by atoms with Crippen LogP contribution in [0.5, 0.6) is 0 Å². The van der Waals surface area contributed by atoms with Crippen molar-refractivity contribution in [3.05, 3.63) is 30.9 Å². The van der Waals surface area contributed by atoms with Gasteiger partial charge in [0.15, 0.2) is 5.82 Å². The Hall–Kier alpha value is -2.42. The second-order valence-electron chi connectivity index (χ2n) is 6.49. The van der Waals surface area contributed by atoms with Gasteiger partial charge in [-0.1, -0.05) is 11.8 Å². The number of hydrogen-bond acceptors (Lipinski definition) is 7. The summed E-state index contributed by atoms with van der Waals surface area (Å²) >= 11 is 1.30. The lowest BCUT2D eigenvalue weighted by Gasteiger charge is -2.33. The third kappa shape index (κ3) is 3.57. The van der Waals surface area contributed by atoms with Crippen molar-refractivity contribution in [2.45, 2.75) is 25.3 Å². The van der Waals surface area contributed by atoms with E-state index in [0.717, 1.165) is 37.4 Å². The lowest BCUT2D eigenvalue weighted by atomic mass is 9.96. The molecule has 1 N–H and O–H groups in total. The number of thioether (sulfide) groups is 1. The van der Waals surface area contributed by atoms with Crippen LogP contribution in [-0.2, 0) is 9.59 Å². The molecule has 0 saturated carbocycles. The van der Waals surface area contributed by atoms with Gasteiger partial charge in [0.1, 0.15) is 12.1 Å². The average molecular weight is 372 g/mol. The van der Waals surface area contributed by atoms with E-state index in [2.05, 4.69) is 25.3 Å². The van der Waals surface area contributed by atoms with Crippen LogP contribution >= 0.6 is 11.8 Å². The van der Waals surface area contributed by atoms with E-state index in [0.29, 0.717) is 12.4 Å². The van der Waals surface area contributed by atoms with E-state index in [-0.39, 0.29) is 23.0 Å². The maximum Gasteiger partial charge on any atom is 0.225 e. The molecular weight excluding hydrogens is 352 g/mol. The summed E-state index contributed by atoms with van der Waals surface area (Å²) in [6.07, 6.45) is 7.51. The molecule has 4 rings (SSSR count). The zero-order valence-electron chi connectivity index (χ0n) is 14.2. The Kier molecular flexibility index (Phi) is 4.87. The molecule has 2 aliphatic rings. The molecule has 2 atom stereocenters. The first-order chi connectivity index (χ1) is 12.7. The van der Waals surface area contributed by atoms with Gasteiger partial charge in [-0.05, 0) is 25.3 Å². The highest BCUT2D eigenvalue weighted by Gasteiger charge is 2.32. The summed E-state index contributed by atoms with van der Waals surface area (Å²) in [7, 11) is 0. The van der Waals surface area contributed by atoms with Crippen molar-refractivity contribution in [2.75, 3.05) is 23.7 Å². The van der Waals surface area contributed by atoms with E-state index < -0.39 is 0 Å². The quantitative estimate of drug-likeness (QED) is 0.857. The number of aromatic nitrogens is 4. The number of carbonyl (C=O) groups is 2. The summed E-state index contributed by atoms with van der Waals surface area (Å²) in [6.45, 7) is 1.44. The van der Waals surface area contributed by atoms with Crippen LogP contribution in [0.4, 0.5) is 5.82 Å². The van der Waals surface area contributed by atoms with Crippen molar-refractivity contribution in [2.24, 2.45) is 5.92 Å². The number of nitrogens with zero attached hydrogens (tertiary/aromatic N) is 5. The molecule has 136 valence electrons. The zero-order chi connectivity index (χ0) is 17.9. The van der Waals surface area contributed by atoms with E-state index in [9.17, 15) is 9.59 Å². The third-order valence-corrected chi connectivity index (χ3v) is 5.75. The maximum atomic E-state index is 12.6. The average Bonchev–Trinajstić information content (AvgIpc) is 3.35. The molecule has 1 amide bonds. The first-order valence-corrected chi connectivity index (χ1v) is 9.73. The first kappa shape index (κ1) is 17.0. The highest BCUT2D eigenvalue weighted by atomic mass is 32.2. The van der Waals surface area contributed by atoms with Crippen LogP contribution in [0.25, 0.3) is 5.82 Å². The summed E-state index contributed by atoms with van der Waals surface area (Å²) in [5.41, 5.74) is 0. The van der Waals surface area contributed by atoms with Crippen molar-refractivity contribution in [3.63, 3.8) is 0 Å². The van der Waals surface area contributed by atoms with Gasteiger partial charge >= 0.3 is 0 Å². The van der Waals surface area contributed by atoms with Gasteiger partial charge in [0, 0.05) is 37.3 Å². The first-order valence-electron chi connectivity index (χ1n) is 8.75. The summed E-state index contributed by atoms with van der Waals surface area (Å²) in [5, 5.41) is 7.19. The Labute approximate surface area is 155 Å². The lowest BCUT2D eigenvalue weighted by Crippen LogP contribution is -2.47. The molecule has 2 aliphatic heterocycles. The normalized spacial score (nSPS) is 23.2. The highest BCUT2D eigenvalue weighted by molar-refractivity contribution is 8.14. The van der Waals surface area contributed by atoms with E-state index in [1.807, 2.05) is 18.3 Å². The Bertz CT molecular complexity index is 796. The largest absolute Gasteiger partial charge is 0.356 e.